The minimum absolute atomic E-state index is 0. The summed E-state index contributed by atoms with van der Waals surface area (Å²) in [4.78, 5) is 10.8. The molecule has 3 nitrogen and oxygen atoms in total. The van der Waals surface area contributed by atoms with E-state index in [1.54, 1.807) is 0 Å². The normalized spacial score (nSPS) is 22.6. The number of carbonyl (C=O) groups excluding carboxylic acids is 1. The van der Waals surface area contributed by atoms with Crippen LogP contribution in [0, 0.1) is 0 Å². The predicted octanol–water partition coefficient (Wildman–Crippen LogP) is 0.499. The van der Waals surface area contributed by atoms with Gasteiger partial charge in [0.1, 0.15) is 6.04 Å². The largest absolute Gasteiger partial charge is 0.468 e. The van der Waals surface area contributed by atoms with Crippen LogP contribution in [0.3, 0.4) is 0 Å². The first kappa shape index (κ1) is 10.5. The third-order valence-electron chi connectivity index (χ3n) is 1.58. The summed E-state index contributed by atoms with van der Waals surface area (Å²) in [5.41, 5.74) is 1.07. The predicted molar refractivity (Wildman–Crippen MR) is 44.8 cm³/mol. The number of hydrogen-bond donors (Lipinski definition) is 1. The fraction of sp³-hybridized carbons (Fsp3) is 0.571. The molecule has 0 unspecified atom stereocenters. The molecule has 1 aliphatic rings. The van der Waals surface area contributed by atoms with Gasteiger partial charge in [-0.3, -0.25) is 4.79 Å². The van der Waals surface area contributed by atoms with Gasteiger partial charge in [-0.1, -0.05) is 12.2 Å². The van der Waals surface area contributed by atoms with Gasteiger partial charge in [0.05, 0.1) is 7.11 Å². The Labute approximate surface area is 72.2 Å². The van der Waals surface area contributed by atoms with E-state index in [9.17, 15) is 4.79 Å². The first-order valence-electron chi connectivity index (χ1n) is 3.22. The molecule has 1 rings (SSSR count). The average Bonchev–Trinajstić information content (AvgIpc) is 2.34. The van der Waals surface area contributed by atoms with Gasteiger partial charge in [-0.2, -0.15) is 0 Å². The summed E-state index contributed by atoms with van der Waals surface area (Å²) in [6.45, 7) is 4.49. The molecule has 64 valence electrons. The first-order valence-corrected chi connectivity index (χ1v) is 3.22. The fourth-order valence-electron chi connectivity index (χ4n) is 1.01. The molecule has 0 aromatic heterocycles. The van der Waals surface area contributed by atoms with Gasteiger partial charge in [0.2, 0.25) is 0 Å². The number of rotatable bonds is 1. The second-order valence-corrected chi connectivity index (χ2v) is 2.41. The molecule has 1 heterocycles. The Morgan fingerprint density at radius 1 is 1.82 bits per heavy atom. The Hall–Kier alpha value is -0.540. The maximum absolute atomic E-state index is 10.8. The Morgan fingerprint density at radius 2 is 2.45 bits per heavy atom. The summed E-state index contributed by atoms with van der Waals surface area (Å²) >= 11 is 0. The summed E-state index contributed by atoms with van der Waals surface area (Å²) in [5, 5.41) is 2.98. The number of carbonyl (C=O) groups is 1. The van der Waals surface area contributed by atoms with Gasteiger partial charge in [0, 0.05) is 6.54 Å². The third-order valence-corrected chi connectivity index (χ3v) is 1.58. The molecule has 0 saturated carbocycles. The molecule has 0 aromatic carbocycles. The third kappa shape index (κ3) is 2.52. The summed E-state index contributed by atoms with van der Waals surface area (Å²) in [7, 11) is 1.39. The summed E-state index contributed by atoms with van der Waals surface area (Å²) < 4.78 is 4.54. The fourth-order valence-corrected chi connectivity index (χ4v) is 1.01. The van der Waals surface area contributed by atoms with Crippen molar-refractivity contribution in [2.75, 3.05) is 13.7 Å². The van der Waals surface area contributed by atoms with Crippen LogP contribution in [0.15, 0.2) is 12.2 Å². The highest BCUT2D eigenvalue weighted by Crippen LogP contribution is 2.10. The van der Waals surface area contributed by atoms with E-state index in [0.29, 0.717) is 6.42 Å². The van der Waals surface area contributed by atoms with E-state index in [4.69, 9.17) is 0 Å². The molecule has 0 spiro atoms. The number of ether oxygens (including phenoxy) is 1. The van der Waals surface area contributed by atoms with Crippen molar-refractivity contribution >= 4 is 18.4 Å². The van der Waals surface area contributed by atoms with Gasteiger partial charge in [0.15, 0.2) is 0 Å². The van der Waals surface area contributed by atoms with Crippen LogP contribution >= 0.6 is 12.4 Å². The van der Waals surface area contributed by atoms with Crippen LogP contribution < -0.4 is 5.32 Å². The Balaban J connectivity index is 0.000001000. The van der Waals surface area contributed by atoms with E-state index < -0.39 is 0 Å². The number of methoxy groups -OCH3 is 1. The Kier molecular flexibility index (Phi) is 4.15. The summed E-state index contributed by atoms with van der Waals surface area (Å²) in [6, 6.07) is -0.155. The van der Waals surface area contributed by atoms with Crippen molar-refractivity contribution in [2.45, 2.75) is 12.5 Å². The minimum atomic E-state index is -0.196. The molecule has 1 atom stereocenters. The maximum atomic E-state index is 10.8. The van der Waals surface area contributed by atoms with Crippen molar-refractivity contribution < 1.29 is 9.53 Å². The van der Waals surface area contributed by atoms with Crippen LogP contribution in [-0.4, -0.2) is 25.7 Å². The lowest BCUT2D eigenvalue weighted by molar-refractivity contribution is -0.142. The zero-order valence-corrected chi connectivity index (χ0v) is 7.24. The van der Waals surface area contributed by atoms with Gasteiger partial charge in [0.25, 0.3) is 0 Å². The van der Waals surface area contributed by atoms with E-state index in [-0.39, 0.29) is 24.4 Å². The molecule has 4 heteroatoms. The molecule has 0 aromatic rings. The molecule has 0 radical (unpaired) electrons. The molecule has 1 N–H and O–H groups in total. The first-order chi connectivity index (χ1) is 4.74. The van der Waals surface area contributed by atoms with Gasteiger partial charge in [-0.25, -0.2) is 0 Å². The standard InChI is InChI=1S/C7H11NO2.ClH/c1-5-3-6(8-4-5)7(9)10-2;/h6,8H,1,3-4H2,2H3;1H/t6-;/m0./s1. The Bertz CT molecular complexity index is 170. The number of halogens is 1. The van der Waals surface area contributed by atoms with E-state index in [2.05, 4.69) is 16.6 Å². The molecular weight excluding hydrogens is 166 g/mol. The molecule has 1 saturated heterocycles. The lowest BCUT2D eigenvalue weighted by Crippen LogP contribution is -2.31. The quantitative estimate of drug-likeness (QED) is 0.468. The summed E-state index contributed by atoms with van der Waals surface area (Å²) in [5.74, 6) is -0.196. The Morgan fingerprint density at radius 3 is 2.82 bits per heavy atom. The van der Waals surface area contributed by atoms with Gasteiger partial charge >= 0.3 is 5.97 Å². The summed E-state index contributed by atoms with van der Waals surface area (Å²) in [6.07, 6.45) is 0.715. The van der Waals surface area contributed by atoms with Crippen LogP contribution in [-0.2, 0) is 9.53 Å². The van der Waals surface area contributed by atoms with E-state index in [0.717, 1.165) is 12.1 Å². The number of esters is 1. The smallest absolute Gasteiger partial charge is 0.323 e. The highest BCUT2D eigenvalue weighted by Gasteiger charge is 2.24. The molecule has 0 aliphatic carbocycles. The van der Waals surface area contributed by atoms with Crippen LogP contribution in [0.5, 0.6) is 0 Å². The monoisotopic (exact) mass is 177 g/mol. The van der Waals surface area contributed by atoms with Crippen molar-refractivity contribution in [3.8, 4) is 0 Å². The lowest BCUT2D eigenvalue weighted by Gasteiger charge is -2.04. The van der Waals surface area contributed by atoms with Crippen molar-refractivity contribution in [1.82, 2.24) is 5.32 Å². The average molecular weight is 178 g/mol. The molecule has 0 amide bonds. The topological polar surface area (TPSA) is 38.3 Å². The van der Waals surface area contributed by atoms with Crippen molar-refractivity contribution in [1.29, 1.82) is 0 Å². The van der Waals surface area contributed by atoms with E-state index in [1.165, 1.54) is 7.11 Å². The zero-order valence-electron chi connectivity index (χ0n) is 6.42. The lowest BCUT2D eigenvalue weighted by atomic mass is 10.2. The second-order valence-electron chi connectivity index (χ2n) is 2.41. The number of hydrogen-bond acceptors (Lipinski definition) is 3. The zero-order chi connectivity index (χ0) is 7.56. The highest BCUT2D eigenvalue weighted by molar-refractivity contribution is 5.85. The van der Waals surface area contributed by atoms with Gasteiger partial charge in [-0.15, -0.1) is 12.4 Å². The van der Waals surface area contributed by atoms with Gasteiger partial charge < -0.3 is 10.1 Å². The molecule has 0 bridgehead atoms. The minimum Gasteiger partial charge on any atom is -0.468 e. The SMILES string of the molecule is C=C1CN[C@H](C(=O)OC)C1.Cl. The van der Waals surface area contributed by atoms with Crippen LogP contribution in [0.25, 0.3) is 0 Å². The van der Waals surface area contributed by atoms with Crippen LogP contribution in [0.2, 0.25) is 0 Å². The molecule has 11 heavy (non-hydrogen) atoms. The van der Waals surface area contributed by atoms with Gasteiger partial charge in [-0.05, 0) is 6.42 Å². The van der Waals surface area contributed by atoms with E-state index in [1.807, 2.05) is 0 Å². The molecule has 1 fully saturated rings. The second kappa shape index (κ2) is 4.36. The number of nitrogens with one attached hydrogen (secondary N) is 1. The van der Waals surface area contributed by atoms with Crippen molar-refractivity contribution in [2.24, 2.45) is 0 Å². The molecule has 1 aliphatic heterocycles. The maximum Gasteiger partial charge on any atom is 0.323 e. The van der Waals surface area contributed by atoms with Crippen LogP contribution in [0.4, 0.5) is 0 Å². The van der Waals surface area contributed by atoms with E-state index >= 15 is 0 Å². The highest BCUT2D eigenvalue weighted by atomic mass is 35.5. The van der Waals surface area contributed by atoms with Crippen molar-refractivity contribution in [3.63, 3.8) is 0 Å². The van der Waals surface area contributed by atoms with Crippen molar-refractivity contribution in [3.05, 3.63) is 12.2 Å². The molecular formula is C7H12ClNO2. The van der Waals surface area contributed by atoms with Crippen LogP contribution in [0.1, 0.15) is 6.42 Å².